The molecule has 27 heavy (non-hydrogen) atoms. The lowest BCUT2D eigenvalue weighted by molar-refractivity contribution is -0.128. The van der Waals surface area contributed by atoms with Crippen LogP contribution in [0, 0.1) is 0 Å². The molecule has 0 spiro atoms. The molecule has 0 aliphatic heterocycles. The van der Waals surface area contributed by atoms with E-state index in [1.54, 1.807) is 26.1 Å². The number of hydrogen-bond donors (Lipinski definition) is 1. The molecule has 3 rings (SSSR count). The number of ether oxygens (including phenoxy) is 1. The van der Waals surface area contributed by atoms with Gasteiger partial charge < -0.3 is 15.0 Å². The van der Waals surface area contributed by atoms with Crippen LogP contribution in [0.4, 0.5) is 10.8 Å². The second kappa shape index (κ2) is 8.88. The van der Waals surface area contributed by atoms with Gasteiger partial charge in [-0.15, -0.1) is 10.2 Å². The average molecular weight is 401 g/mol. The zero-order valence-electron chi connectivity index (χ0n) is 15.2. The third-order valence-corrected chi connectivity index (χ3v) is 5.90. The van der Waals surface area contributed by atoms with Crippen molar-refractivity contribution in [2.24, 2.45) is 0 Å². The molecule has 6 nitrogen and oxygen atoms in total. The summed E-state index contributed by atoms with van der Waals surface area (Å²) in [5.74, 6) is 0.813. The Bertz CT molecular complexity index is 882. The summed E-state index contributed by atoms with van der Waals surface area (Å²) >= 11 is 2.83. The van der Waals surface area contributed by atoms with E-state index in [1.807, 2.05) is 54.6 Å². The third kappa shape index (κ3) is 4.99. The molecule has 0 bridgehead atoms. The molecule has 1 N–H and O–H groups in total. The summed E-state index contributed by atoms with van der Waals surface area (Å²) in [6.07, 6.45) is 0. The molecule has 1 atom stereocenters. The van der Waals surface area contributed by atoms with Gasteiger partial charge in [-0.2, -0.15) is 0 Å². The smallest absolute Gasteiger partial charge is 0.240 e. The second-order valence-corrected chi connectivity index (χ2v) is 8.20. The Morgan fingerprint density at radius 2 is 1.81 bits per heavy atom. The van der Waals surface area contributed by atoms with Gasteiger partial charge in [0.2, 0.25) is 11.0 Å². The number of amides is 1. The molecule has 0 saturated carbocycles. The predicted octanol–water partition coefficient (Wildman–Crippen LogP) is 4.21. The molecule has 8 heteroatoms. The maximum atomic E-state index is 12.6. The summed E-state index contributed by atoms with van der Waals surface area (Å²) in [6, 6.07) is 17.3. The molecule has 0 saturated heterocycles. The predicted molar refractivity (Wildman–Crippen MR) is 110 cm³/mol. The van der Waals surface area contributed by atoms with E-state index in [0.29, 0.717) is 5.13 Å². The number of carbonyl (C=O) groups is 1. The van der Waals surface area contributed by atoms with Crippen LogP contribution in [0.5, 0.6) is 5.75 Å². The van der Waals surface area contributed by atoms with Gasteiger partial charge in [-0.05, 0) is 29.8 Å². The normalized spacial score (nSPS) is 11.7. The van der Waals surface area contributed by atoms with E-state index in [-0.39, 0.29) is 11.2 Å². The van der Waals surface area contributed by atoms with E-state index in [2.05, 4.69) is 15.5 Å². The first-order valence-corrected chi connectivity index (χ1v) is 9.94. The highest BCUT2D eigenvalue weighted by atomic mass is 32.2. The molecule has 0 aliphatic rings. The van der Waals surface area contributed by atoms with E-state index < -0.39 is 0 Å². The number of nitrogens with zero attached hydrogens (tertiary/aromatic N) is 3. The van der Waals surface area contributed by atoms with E-state index in [9.17, 15) is 4.79 Å². The quantitative estimate of drug-likeness (QED) is 0.599. The number of anilines is 2. The van der Waals surface area contributed by atoms with Crippen molar-refractivity contribution >= 4 is 39.8 Å². The van der Waals surface area contributed by atoms with Gasteiger partial charge in [-0.1, -0.05) is 53.4 Å². The van der Waals surface area contributed by atoms with Crippen molar-refractivity contribution in [2.75, 3.05) is 26.5 Å². The fourth-order valence-corrected chi connectivity index (χ4v) is 4.44. The lowest BCUT2D eigenvalue weighted by Gasteiger charge is -2.19. The second-order valence-electron chi connectivity index (χ2n) is 5.87. The molecular weight excluding hydrogens is 380 g/mol. The van der Waals surface area contributed by atoms with Gasteiger partial charge in [0.05, 0.1) is 7.11 Å². The molecule has 3 aromatic rings. The van der Waals surface area contributed by atoms with Gasteiger partial charge >= 0.3 is 0 Å². The number of rotatable bonds is 7. The first kappa shape index (κ1) is 19.2. The molecular formula is C19H20N4O2S2. The first-order chi connectivity index (χ1) is 13.1. The third-order valence-electron chi connectivity index (χ3n) is 3.73. The number of methoxy groups -OCH3 is 1. The van der Waals surface area contributed by atoms with Crippen LogP contribution in [0.1, 0.15) is 10.8 Å². The average Bonchev–Trinajstić information content (AvgIpc) is 3.13. The minimum absolute atomic E-state index is 0.0195. The Morgan fingerprint density at radius 3 is 2.44 bits per heavy atom. The van der Waals surface area contributed by atoms with Crippen molar-refractivity contribution in [3.8, 4) is 5.75 Å². The van der Waals surface area contributed by atoms with Crippen LogP contribution in [-0.4, -0.2) is 42.2 Å². The van der Waals surface area contributed by atoms with Crippen LogP contribution < -0.4 is 10.1 Å². The topological polar surface area (TPSA) is 67.3 Å². The lowest BCUT2D eigenvalue weighted by atomic mass is 10.1. The minimum atomic E-state index is -0.358. The monoisotopic (exact) mass is 400 g/mol. The minimum Gasteiger partial charge on any atom is -0.497 e. The van der Waals surface area contributed by atoms with Gasteiger partial charge in [0, 0.05) is 19.8 Å². The summed E-state index contributed by atoms with van der Waals surface area (Å²) in [5, 5.41) is 11.9. The molecule has 1 aromatic heterocycles. The fraction of sp³-hybridized carbons (Fsp3) is 0.211. The van der Waals surface area contributed by atoms with E-state index >= 15 is 0 Å². The fourth-order valence-electron chi connectivity index (χ4n) is 2.33. The standard InChI is InChI=1S/C19H20N4O2S2/c1-23(2)17(24)16(13-7-5-4-6-8-13)26-19-22-21-18(27-19)20-14-9-11-15(25-3)12-10-14/h4-12,16H,1-3H3,(H,20,21). The van der Waals surface area contributed by atoms with Crippen molar-refractivity contribution in [3.05, 3.63) is 60.2 Å². The number of likely N-dealkylation sites (N-methyl/N-ethyl adjacent to an activating group) is 1. The molecule has 1 amide bonds. The van der Waals surface area contributed by atoms with Gasteiger partial charge in [0.25, 0.3) is 0 Å². The summed E-state index contributed by atoms with van der Waals surface area (Å²) in [5.41, 5.74) is 1.84. The molecule has 0 radical (unpaired) electrons. The molecule has 0 fully saturated rings. The number of nitrogens with one attached hydrogen (secondary N) is 1. The Morgan fingerprint density at radius 1 is 1.11 bits per heavy atom. The van der Waals surface area contributed by atoms with Gasteiger partial charge in [0.15, 0.2) is 4.34 Å². The Hall–Kier alpha value is -2.58. The Kier molecular flexibility index (Phi) is 6.31. The van der Waals surface area contributed by atoms with Crippen molar-refractivity contribution in [2.45, 2.75) is 9.59 Å². The number of carbonyl (C=O) groups excluding carboxylic acids is 1. The number of hydrogen-bond acceptors (Lipinski definition) is 7. The summed E-state index contributed by atoms with van der Waals surface area (Å²) in [7, 11) is 5.15. The van der Waals surface area contributed by atoms with Crippen LogP contribution in [0.15, 0.2) is 58.9 Å². The van der Waals surface area contributed by atoms with Crippen molar-refractivity contribution < 1.29 is 9.53 Å². The van der Waals surface area contributed by atoms with Crippen molar-refractivity contribution in [1.29, 1.82) is 0 Å². The molecule has 1 heterocycles. The Labute approximate surface area is 166 Å². The van der Waals surface area contributed by atoms with Crippen LogP contribution >= 0.6 is 23.1 Å². The maximum Gasteiger partial charge on any atom is 0.240 e. The lowest BCUT2D eigenvalue weighted by Crippen LogP contribution is -2.26. The highest BCUT2D eigenvalue weighted by Gasteiger charge is 2.25. The Balaban J connectivity index is 1.74. The number of thioether (sulfide) groups is 1. The van der Waals surface area contributed by atoms with Crippen LogP contribution in [0.3, 0.4) is 0 Å². The largest absolute Gasteiger partial charge is 0.497 e. The molecule has 140 valence electrons. The highest BCUT2D eigenvalue weighted by molar-refractivity contribution is 8.01. The summed E-state index contributed by atoms with van der Waals surface area (Å²) in [6.45, 7) is 0. The zero-order valence-corrected chi connectivity index (χ0v) is 16.9. The van der Waals surface area contributed by atoms with Gasteiger partial charge in [-0.3, -0.25) is 4.79 Å². The maximum absolute atomic E-state index is 12.6. The zero-order chi connectivity index (χ0) is 19.2. The molecule has 2 aromatic carbocycles. The first-order valence-electron chi connectivity index (χ1n) is 8.24. The van der Waals surface area contributed by atoms with Crippen LogP contribution in [0.25, 0.3) is 0 Å². The van der Waals surface area contributed by atoms with Crippen LogP contribution in [0.2, 0.25) is 0 Å². The summed E-state index contributed by atoms with van der Waals surface area (Å²) in [4.78, 5) is 14.2. The SMILES string of the molecule is COc1ccc(Nc2nnc(SC(C(=O)N(C)C)c3ccccc3)s2)cc1. The van der Waals surface area contributed by atoms with E-state index in [0.717, 1.165) is 21.3 Å². The van der Waals surface area contributed by atoms with Crippen molar-refractivity contribution in [1.82, 2.24) is 15.1 Å². The number of benzene rings is 2. The van der Waals surface area contributed by atoms with Crippen molar-refractivity contribution in [3.63, 3.8) is 0 Å². The number of aromatic nitrogens is 2. The molecule has 1 unspecified atom stereocenters. The molecule has 0 aliphatic carbocycles. The van der Waals surface area contributed by atoms with Gasteiger partial charge in [0.1, 0.15) is 11.0 Å². The van der Waals surface area contributed by atoms with Gasteiger partial charge in [-0.25, -0.2) is 0 Å². The highest BCUT2D eigenvalue weighted by Crippen LogP contribution is 2.39. The summed E-state index contributed by atoms with van der Waals surface area (Å²) < 4.78 is 5.89. The van der Waals surface area contributed by atoms with E-state index in [1.165, 1.54) is 23.1 Å². The van der Waals surface area contributed by atoms with Crippen LogP contribution in [-0.2, 0) is 4.79 Å². The van der Waals surface area contributed by atoms with E-state index in [4.69, 9.17) is 4.74 Å².